The van der Waals surface area contributed by atoms with Crippen molar-refractivity contribution in [3.05, 3.63) is 35.9 Å². The second-order valence-electron chi connectivity index (χ2n) is 5.85. The minimum atomic E-state index is -0.197. The third-order valence-corrected chi connectivity index (χ3v) is 4.50. The van der Waals surface area contributed by atoms with Gasteiger partial charge in [0.2, 0.25) is 0 Å². The average molecular weight is 275 g/mol. The zero-order valence-electron chi connectivity index (χ0n) is 11.6. The maximum Gasteiger partial charge on any atom is 0.410 e. The minimum absolute atomic E-state index is 0.197. The number of aliphatic hydroxyl groups excluding tert-OH is 1. The van der Waals surface area contributed by atoms with E-state index >= 15 is 0 Å². The van der Waals surface area contributed by atoms with Crippen LogP contribution in [0.3, 0.4) is 0 Å². The van der Waals surface area contributed by atoms with Gasteiger partial charge in [0.15, 0.2) is 0 Å². The summed E-state index contributed by atoms with van der Waals surface area (Å²) in [5, 5.41) is 9.30. The third kappa shape index (κ3) is 2.66. The smallest absolute Gasteiger partial charge is 0.410 e. The van der Waals surface area contributed by atoms with E-state index in [1.165, 1.54) is 0 Å². The molecular formula is C16H21NO3. The van der Waals surface area contributed by atoms with Crippen molar-refractivity contribution in [2.24, 2.45) is 5.92 Å². The molecule has 1 amide bonds. The van der Waals surface area contributed by atoms with Crippen molar-refractivity contribution >= 4 is 6.09 Å². The first-order valence-electron chi connectivity index (χ1n) is 7.38. The third-order valence-electron chi connectivity index (χ3n) is 4.50. The van der Waals surface area contributed by atoms with Crippen molar-refractivity contribution in [3.8, 4) is 0 Å². The zero-order valence-corrected chi connectivity index (χ0v) is 11.6. The number of nitrogens with zero attached hydrogens (tertiary/aromatic N) is 1. The predicted octanol–water partition coefficient (Wildman–Crippen LogP) is 2.56. The number of carbonyl (C=O) groups is 1. The van der Waals surface area contributed by atoms with Crippen molar-refractivity contribution in [1.29, 1.82) is 0 Å². The van der Waals surface area contributed by atoms with E-state index in [2.05, 4.69) is 0 Å². The highest BCUT2D eigenvalue weighted by Crippen LogP contribution is 2.38. The number of carbonyl (C=O) groups excluding carboxylic acids is 1. The van der Waals surface area contributed by atoms with Gasteiger partial charge in [-0.25, -0.2) is 4.79 Å². The molecule has 1 aromatic carbocycles. The van der Waals surface area contributed by atoms with Gasteiger partial charge in [-0.2, -0.15) is 0 Å². The summed E-state index contributed by atoms with van der Waals surface area (Å²) in [7, 11) is 0. The van der Waals surface area contributed by atoms with Crippen molar-refractivity contribution in [3.63, 3.8) is 0 Å². The van der Waals surface area contributed by atoms with Gasteiger partial charge < -0.3 is 14.7 Å². The highest BCUT2D eigenvalue weighted by Gasteiger charge is 2.43. The van der Waals surface area contributed by atoms with E-state index in [0.717, 1.165) is 31.2 Å². The molecule has 0 aliphatic carbocycles. The molecule has 108 valence electrons. The van der Waals surface area contributed by atoms with Gasteiger partial charge in [0.1, 0.15) is 6.61 Å². The average Bonchev–Trinajstić information content (AvgIpc) is 2.76. The van der Waals surface area contributed by atoms with Crippen LogP contribution in [0.15, 0.2) is 30.3 Å². The zero-order chi connectivity index (χ0) is 13.9. The molecule has 1 unspecified atom stereocenters. The Morgan fingerprint density at radius 2 is 1.85 bits per heavy atom. The fraction of sp³-hybridized carbons (Fsp3) is 0.562. The summed E-state index contributed by atoms with van der Waals surface area (Å²) in [5.74, 6) is 0.352. The van der Waals surface area contributed by atoms with E-state index in [1.54, 1.807) is 0 Å². The number of piperidine rings is 1. The number of hydrogen-bond acceptors (Lipinski definition) is 3. The lowest BCUT2D eigenvalue weighted by atomic mass is 9.92. The number of benzene rings is 1. The van der Waals surface area contributed by atoms with Gasteiger partial charge in [-0.15, -0.1) is 0 Å². The Morgan fingerprint density at radius 1 is 1.20 bits per heavy atom. The molecule has 20 heavy (non-hydrogen) atoms. The van der Waals surface area contributed by atoms with Crippen LogP contribution in [0.25, 0.3) is 0 Å². The van der Waals surface area contributed by atoms with E-state index in [-0.39, 0.29) is 24.8 Å². The standard InChI is InChI=1S/C16H21NO3/c18-10-13-8-14-6-7-15(9-13)17(14)16(19)20-11-12-4-2-1-3-5-12/h1-5,13-15,18H,6-11H2/t13?,14-,15+. The molecule has 3 atom stereocenters. The summed E-state index contributed by atoms with van der Waals surface area (Å²) < 4.78 is 5.44. The number of amides is 1. The Kier molecular flexibility index (Phi) is 3.92. The Hall–Kier alpha value is -1.55. The quantitative estimate of drug-likeness (QED) is 0.922. The van der Waals surface area contributed by atoms with Crippen LogP contribution in [-0.4, -0.2) is 34.8 Å². The molecule has 4 heteroatoms. The Morgan fingerprint density at radius 3 is 2.45 bits per heavy atom. The van der Waals surface area contributed by atoms with E-state index in [1.807, 2.05) is 35.2 Å². The summed E-state index contributed by atoms with van der Waals surface area (Å²) in [6, 6.07) is 10.3. The van der Waals surface area contributed by atoms with E-state index in [0.29, 0.717) is 12.5 Å². The normalized spacial score (nSPS) is 28.4. The van der Waals surface area contributed by atoms with Crippen LogP contribution < -0.4 is 0 Å². The molecular weight excluding hydrogens is 254 g/mol. The summed E-state index contributed by atoms with van der Waals surface area (Å²) in [6.45, 7) is 0.568. The largest absolute Gasteiger partial charge is 0.445 e. The van der Waals surface area contributed by atoms with Gasteiger partial charge in [-0.1, -0.05) is 30.3 Å². The number of rotatable bonds is 3. The minimum Gasteiger partial charge on any atom is -0.445 e. The first-order chi connectivity index (χ1) is 9.78. The molecule has 0 radical (unpaired) electrons. The van der Waals surface area contributed by atoms with Crippen LogP contribution in [0.4, 0.5) is 4.79 Å². The van der Waals surface area contributed by atoms with Gasteiger partial charge in [0, 0.05) is 18.7 Å². The molecule has 0 saturated carbocycles. The first-order valence-corrected chi connectivity index (χ1v) is 7.38. The summed E-state index contributed by atoms with van der Waals surface area (Å²) in [5.41, 5.74) is 1.01. The summed E-state index contributed by atoms with van der Waals surface area (Å²) in [4.78, 5) is 14.2. The van der Waals surface area contributed by atoms with Crippen molar-refractivity contribution in [1.82, 2.24) is 4.90 Å². The fourth-order valence-corrected chi connectivity index (χ4v) is 3.53. The monoisotopic (exact) mass is 275 g/mol. The lowest BCUT2D eigenvalue weighted by Gasteiger charge is -2.37. The Labute approximate surface area is 119 Å². The van der Waals surface area contributed by atoms with Gasteiger partial charge >= 0.3 is 6.09 Å². The highest BCUT2D eigenvalue weighted by atomic mass is 16.6. The maximum absolute atomic E-state index is 12.3. The van der Waals surface area contributed by atoms with Crippen molar-refractivity contribution in [2.75, 3.05) is 6.61 Å². The molecule has 3 rings (SSSR count). The van der Waals surface area contributed by atoms with Gasteiger partial charge in [-0.05, 0) is 37.2 Å². The van der Waals surface area contributed by atoms with Crippen LogP contribution in [0.1, 0.15) is 31.2 Å². The van der Waals surface area contributed by atoms with Gasteiger partial charge in [0.25, 0.3) is 0 Å². The molecule has 2 aliphatic heterocycles. The SMILES string of the molecule is O=C(OCc1ccccc1)N1[C@@H]2CC[C@H]1CC(CO)C2. The van der Waals surface area contributed by atoms with Crippen LogP contribution in [0.2, 0.25) is 0 Å². The van der Waals surface area contributed by atoms with Gasteiger partial charge in [0.05, 0.1) is 0 Å². The Bertz CT molecular complexity index is 448. The number of aliphatic hydroxyl groups is 1. The van der Waals surface area contributed by atoms with E-state index in [9.17, 15) is 9.90 Å². The topological polar surface area (TPSA) is 49.8 Å². The molecule has 1 aromatic rings. The molecule has 2 aliphatic rings. The number of hydrogen-bond donors (Lipinski definition) is 1. The van der Waals surface area contributed by atoms with Crippen LogP contribution in [0, 0.1) is 5.92 Å². The van der Waals surface area contributed by atoms with Crippen LogP contribution in [0.5, 0.6) is 0 Å². The summed E-state index contributed by atoms with van der Waals surface area (Å²) >= 11 is 0. The van der Waals surface area contributed by atoms with E-state index in [4.69, 9.17) is 4.74 Å². The molecule has 2 heterocycles. The molecule has 2 saturated heterocycles. The lowest BCUT2D eigenvalue weighted by Crippen LogP contribution is -2.47. The van der Waals surface area contributed by atoms with Crippen molar-refractivity contribution < 1.29 is 14.6 Å². The lowest BCUT2D eigenvalue weighted by molar-refractivity contribution is 0.0427. The molecule has 0 aromatic heterocycles. The molecule has 4 nitrogen and oxygen atoms in total. The molecule has 1 N–H and O–H groups in total. The van der Waals surface area contributed by atoms with Crippen molar-refractivity contribution in [2.45, 2.75) is 44.4 Å². The Balaban J connectivity index is 1.58. The summed E-state index contributed by atoms with van der Waals surface area (Å²) in [6.07, 6.45) is 3.71. The number of fused-ring (bicyclic) bond motifs is 2. The predicted molar refractivity (Wildman–Crippen MR) is 75.1 cm³/mol. The highest BCUT2D eigenvalue weighted by molar-refractivity contribution is 5.69. The van der Waals surface area contributed by atoms with Crippen LogP contribution in [-0.2, 0) is 11.3 Å². The van der Waals surface area contributed by atoms with E-state index < -0.39 is 0 Å². The van der Waals surface area contributed by atoms with Crippen LogP contribution >= 0.6 is 0 Å². The first kappa shape index (κ1) is 13.4. The fourth-order valence-electron chi connectivity index (χ4n) is 3.53. The molecule has 2 fully saturated rings. The second-order valence-corrected chi connectivity index (χ2v) is 5.85. The molecule has 2 bridgehead atoms. The molecule has 0 spiro atoms. The maximum atomic E-state index is 12.3. The van der Waals surface area contributed by atoms with Gasteiger partial charge in [-0.3, -0.25) is 0 Å². The second kappa shape index (κ2) is 5.83. The number of ether oxygens (including phenoxy) is 1.